The van der Waals surface area contributed by atoms with Gasteiger partial charge >= 0.3 is 0 Å². The van der Waals surface area contributed by atoms with E-state index in [2.05, 4.69) is 11.1 Å². The van der Waals surface area contributed by atoms with Crippen LogP contribution in [0, 0.1) is 11.3 Å². The van der Waals surface area contributed by atoms with Crippen LogP contribution in [-0.2, 0) is 0 Å². The third kappa shape index (κ3) is 3.15. The summed E-state index contributed by atoms with van der Waals surface area (Å²) >= 11 is 1.41. The summed E-state index contributed by atoms with van der Waals surface area (Å²) in [6.45, 7) is 0. The zero-order chi connectivity index (χ0) is 15.2. The minimum absolute atomic E-state index is 0.533. The fraction of sp³-hybridized carbons (Fsp3) is 0.200. The van der Waals surface area contributed by atoms with E-state index < -0.39 is 0 Å². The summed E-state index contributed by atoms with van der Waals surface area (Å²) in [6.07, 6.45) is 1.66. The van der Waals surface area contributed by atoms with E-state index in [0.29, 0.717) is 27.8 Å². The van der Waals surface area contributed by atoms with Crippen LogP contribution in [0.1, 0.15) is 11.1 Å². The molecular formula is C15H14N2O3S. The number of benzene rings is 1. The molecule has 2 rings (SSSR count). The first-order valence-electron chi connectivity index (χ1n) is 6.05. The zero-order valence-corrected chi connectivity index (χ0v) is 12.7. The van der Waals surface area contributed by atoms with Crippen molar-refractivity contribution in [1.82, 2.24) is 0 Å². The van der Waals surface area contributed by atoms with Gasteiger partial charge in [-0.3, -0.25) is 0 Å². The largest absolute Gasteiger partial charge is 0.493 e. The van der Waals surface area contributed by atoms with Gasteiger partial charge in [-0.25, -0.2) is 4.99 Å². The Kier molecular flexibility index (Phi) is 4.80. The minimum Gasteiger partial charge on any atom is -0.493 e. The van der Waals surface area contributed by atoms with Gasteiger partial charge < -0.3 is 14.2 Å². The third-order valence-electron chi connectivity index (χ3n) is 2.78. The van der Waals surface area contributed by atoms with Gasteiger partial charge in [0.15, 0.2) is 11.5 Å². The Balaban J connectivity index is 2.39. The first-order valence-corrected chi connectivity index (χ1v) is 6.93. The number of methoxy groups -OCH3 is 3. The Labute approximate surface area is 127 Å². The van der Waals surface area contributed by atoms with Gasteiger partial charge in [0.05, 0.1) is 26.9 Å². The number of nitrogens with zero attached hydrogens (tertiary/aromatic N) is 2. The van der Waals surface area contributed by atoms with Crippen molar-refractivity contribution in [3.8, 4) is 23.3 Å². The third-order valence-corrected chi connectivity index (χ3v) is 3.60. The minimum atomic E-state index is 0.533. The number of hydrogen-bond acceptors (Lipinski definition) is 6. The SMILES string of the molecule is COc1cc(/C=N/c2sccc2C#N)cc(OC)c1OC. The van der Waals surface area contributed by atoms with Crippen molar-refractivity contribution in [3.05, 3.63) is 34.7 Å². The monoisotopic (exact) mass is 302 g/mol. The maximum absolute atomic E-state index is 8.96. The average molecular weight is 302 g/mol. The molecule has 0 N–H and O–H groups in total. The molecule has 21 heavy (non-hydrogen) atoms. The van der Waals surface area contributed by atoms with Gasteiger partial charge in [-0.15, -0.1) is 11.3 Å². The highest BCUT2D eigenvalue weighted by Crippen LogP contribution is 2.38. The van der Waals surface area contributed by atoms with Crippen molar-refractivity contribution < 1.29 is 14.2 Å². The summed E-state index contributed by atoms with van der Waals surface area (Å²) in [4.78, 5) is 4.33. The Morgan fingerprint density at radius 3 is 2.33 bits per heavy atom. The van der Waals surface area contributed by atoms with Gasteiger partial charge in [-0.1, -0.05) is 0 Å². The van der Waals surface area contributed by atoms with Crippen LogP contribution >= 0.6 is 11.3 Å². The summed E-state index contributed by atoms with van der Waals surface area (Å²) in [5.41, 5.74) is 1.35. The van der Waals surface area contributed by atoms with E-state index in [9.17, 15) is 0 Å². The molecule has 1 heterocycles. The van der Waals surface area contributed by atoms with E-state index in [0.717, 1.165) is 5.56 Å². The Hall–Kier alpha value is -2.52. The number of aliphatic imine (C=N–C) groups is 1. The highest BCUT2D eigenvalue weighted by atomic mass is 32.1. The highest BCUT2D eigenvalue weighted by molar-refractivity contribution is 7.14. The standard InChI is InChI=1S/C15H14N2O3S/c1-18-12-6-10(7-13(19-2)14(12)20-3)9-17-15-11(8-16)4-5-21-15/h4-7,9H,1-3H3/b17-9+. The van der Waals surface area contributed by atoms with Crippen LogP contribution in [0.5, 0.6) is 17.2 Å². The molecule has 0 amide bonds. The molecule has 0 unspecified atom stereocenters. The lowest BCUT2D eigenvalue weighted by Crippen LogP contribution is -1.96. The smallest absolute Gasteiger partial charge is 0.203 e. The fourth-order valence-corrected chi connectivity index (χ4v) is 2.48. The highest BCUT2D eigenvalue weighted by Gasteiger charge is 2.12. The molecule has 0 aliphatic heterocycles. The average Bonchev–Trinajstić information content (AvgIpc) is 2.99. The molecule has 1 aromatic heterocycles. The van der Waals surface area contributed by atoms with Crippen LogP contribution in [0.25, 0.3) is 0 Å². The van der Waals surface area contributed by atoms with Crippen LogP contribution in [0.4, 0.5) is 5.00 Å². The molecule has 0 saturated heterocycles. The van der Waals surface area contributed by atoms with E-state index in [1.807, 2.05) is 5.38 Å². The van der Waals surface area contributed by atoms with Crippen LogP contribution in [-0.4, -0.2) is 27.5 Å². The molecule has 0 atom stereocenters. The first kappa shape index (κ1) is 14.9. The second-order valence-electron chi connectivity index (χ2n) is 3.97. The molecule has 0 bridgehead atoms. The number of hydrogen-bond donors (Lipinski definition) is 0. The molecule has 0 aliphatic rings. The summed E-state index contributed by atoms with van der Waals surface area (Å²) < 4.78 is 15.8. The number of thiophene rings is 1. The van der Waals surface area contributed by atoms with Crippen LogP contribution in [0.3, 0.4) is 0 Å². The van der Waals surface area contributed by atoms with Crippen LogP contribution in [0.2, 0.25) is 0 Å². The van der Waals surface area contributed by atoms with Crippen molar-refractivity contribution in [3.63, 3.8) is 0 Å². The second-order valence-corrected chi connectivity index (χ2v) is 4.86. The van der Waals surface area contributed by atoms with Gasteiger partial charge in [0.2, 0.25) is 5.75 Å². The molecule has 0 fully saturated rings. The number of nitriles is 1. The van der Waals surface area contributed by atoms with Crippen molar-refractivity contribution in [2.75, 3.05) is 21.3 Å². The van der Waals surface area contributed by atoms with Crippen molar-refractivity contribution in [1.29, 1.82) is 5.26 Å². The summed E-state index contributed by atoms with van der Waals surface area (Å²) in [5.74, 6) is 1.65. The van der Waals surface area contributed by atoms with Crippen molar-refractivity contribution >= 4 is 22.6 Å². The quantitative estimate of drug-likeness (QED) is 0.794. The summed E-state index contributed by atoms with van der Waals surface area (Å²) in [7, 11) is 4.68. The molecule has 0 radical (unpaired) electrons. The summed E-state index contributed by atoms with van der Waals surface area (Å²) in [6, 6.07) is 7.44. The summed E-state index contributed by atoms with van der Waals surface area (Å²) in [5, 5.41) is 11.5. The molecule has 0 spiro atoms. The lowest BCUT2D eigenvalue weighted by atomic mass is 10.2. The van der Waals surface area contributed by atoms with E-state index in [-0.39, 0.29) is 0 Å². The molecule has 0 aliphatic carbocycles. The predicted octanol–water partition coefficient (Wildman–Crippen LogP) is 3.40. The Morgan fingerprint density at radius 2 is 1.81 bits per heavy atom. The molecule has 0 saturated carbocycles. The van der Waals surface area contributed by atoms with Gasteiger partial charge in [-0.2, -0.15) is 5.26 Å². The van der Waals surface area contributed by atoms with Crippen LogP contribution in [0.15, 0.2) is 28.6 Å². The second kappa shape index (κ2) is 6.77. The first-order chi connectivity index (χ1) is 10.2. The van der Waals surface area contributed by atoms with Crippen molar-refractivity contribution in [2.45, 2.75) is 0 Å². The van der Waals surface area contributed by atoms with E-state index in [4.69, 9.17) is 19.5 Å². The van der Waals surface area contributed by atoms with E-state index in [1.54, 1.807) is 45.7 Å². The zero-order valence-electron chi connectivity index (χ0n) is 11.9. The van der Waals surface area contributed by atoms with Gasteiger partial charge in [0.25, 0.3) is 0 Å². The molecule has 1 aromatic carbocycles. The topological polar surface area (TPSA) is 63.8 Å². The molecule has 108 valence electrons. The van der Waals surface area contributed by atoms with Gasteiger partial charge in [-0.05, 0) is 23.6 Å². The Bertz CT molecular complexity index is 676. The van der Waals surface area contributed by atoms with Gasteiger partial charge in [0.1, 0.15) is 11.1 Å². The van der Waals surface area contributed by atoms with Crippen molar-refractivity contribution in [2.24, 2.45) is 4.99 Å². The lowest BCUT2D eigenvalue weighted by Gasteiger charge is -2.12. The number of rotatable bonds is 5. The Morgan fingerprint density at radius 1 is 1.14 bits per heavy atom. The van der Waals surface area contributed by atoms with E-state index in [1.165, 1.54) is 11.3 Å². The predicted molar refractivity (Wildman–Crippen MR) is 82.4 cm³/mol. The van der Waals surface area contributed by atoms with E-state index >= 15 is 0 Å². The molecule has 2 aromatic rings. The van der Waals surface area contributed by atoms with Crippen LogP contribution < -0.4 is 14.2 Å². The molecular weight excluding hydrogens is 288 g/mol. The van der Waals surface area contributed by atoms with Gasteiger partial charge in [0, 0.05) is 11.8 Å². The molecule has 5 nitrogen and oxygen atoms in total. The normalized spacial score (nSPS) is 10.4. The number of ether oxygens (including phenoxy) is 3. The maximum atomic E-state index is 8.96. The molecule has 6 heteroatoms. The maximum Gasteiger partial charge on any atom is 0.203 e. The lowest BCUT2D eigenvalue weighted by molar-refractivity contribution is 0.324. The fourth-order valence-electron chi connectivity index (χ4n) is 1.80.